The van der Waals surface area contributed by atoms with Crippen LogP contribution in [0, 0.1) is 23.3 Å². The summed E-state index contributed by atoms with van der Waals surface area (Å²) in [5.41, 5.74) is 1.14. The smallest absolute Gasteiger partial charge is 0.264 e. The molecule has 0 radical (unpaired) electrons. The average molecular weight is 709 g/mol. The second-order valence-electron chi connectivity index (χ2n) is 14.1. The molecular formula is C44H16F4N4O2. The highest BCUT2D eigenvalue weighted by Crippen LogP contribution is 2.49. The number of hydrogen-bond donors (Lipinski definition) is 0. The average Bonchev–Trinajstić information content (AvgIpc) is 3.17. The van der Waals surface area contributed by atoms with Crippen LogP contribution in [0.1, 0.15) is 0 Å². The predicted octanol–water partition coefficient (Wildman–Crippen LogP) is 10.1. The van der Waals surface area contributed by atoms with Gasteiger partial charge in [-0.1, -0.05) is 48.5 Å². The molecule has 4 aromatic heterocycles. The van der Waals surface area contributed by atoms with Crippen LogP contribution in [0.5, 0.6) is 0 Å². The van der Waals surface area contributed by atoms with Crippen molar-refractivity contribution in [1.29, 1.82) is 0 Å². The van der Waals surface area contributed by atoms with Crippen LogP contribution in [0.3, 0.4) is 0 Å². The highest BCUT2D eigenvalue weighted by atomic mass is 19.1. The van der Waals surface area contributed by atoms with E-state index in [1.165, 1.54) is 20.9 Å². The molecule has 0 aliphatic heterocycles. The number of pyridine rings is 2. The lowest BCUT2D eigenvalue weighted by atomic mass is 9.85. The summed E-state index contributed by atoms with van der Waals surface area (Å²) >= 11 is 0. The summed E-state index contributed by atoms with van der Waals surface area (Å²) in [6.07, 6.45) is 0. The van der Waals surface area contributed by atoms with E-state index in [0.29, 0.717) is 32.8 Å². The Kier molecular flexibility index (Phi) is 4.76. The Morgan fingerprint density at radius 3 is 1.13 bits per heavy atom. The molecule has 4 heterocycles. The maximum absolute atomic E-state index is 17.0. The summed E-state index contributed by atoms with van der Waals surface area (Å²) < 4.78 is 70.6. The maximum Gasteiger partial charge on any atom is 0.264 e. The minimum atomic E-state index is -0.996. The third kappa shape index (κ3) is 3.02. The van der Waals surface area contributed by atoms with Crippen molar-refractivity contribution in [2.75, 3.05) is 0 Å². The topological polar surface area (TPSA) is 68.7 Å². The lowest BCUT2D eigenvalue weighted by molar-refractivity contribution is 0.630. The van der Waals surface area contributed by atoms with E-state index in [0.717, 1.165) is 22.9 Å². The van der Waals surface area contributed by atoms with E-state index < -0.39 is 34.4 Å². The van der Waals surface area contributed by atoms with E-state index in [-0.39, 0.29) is 75.9 Å². The lowest BCUT2D eigenvalue weighted by Crippen LogP contribution is -2.18. The first-order chi connectivity index (χ1) is 26.3. The fourth-order valence-corrected chi connectivity index (χ4v) is 9.54. The molecule has 0 saturated heterocycles. The van der Waals surface area contributed by atoms with Crippen LogP contribution in [-0.4, -0.2) is 18.8 Å². The molecule has 0 saturated carbocycles. The number of rotatable bonds is 0. The zero-order valence-corrected chi connectivity index (χ0v) is 27.4. The highest BCUT2D eigenvalue weighted by Gasteiger charge is 2.30. The lowest BCUT2D eigenvalue weighted by Gasteiger charge is -2.21. The van der Waals surface area contributed by atoms with Crippen LogP contribution in [0.4, 0.5) is 17.6 Å². The Bertz CT molecular complexity index is 3770. The number of benzene rings is 9. The van der Waals surface area contributed by atoms with Gasteiger partial charge in [0.25, 0.3) is 11.1 Å². The number of halogens is 4. The van der Waals surface area contributed by atoms with Gasteiger partial charge in [-0.25, -0.2) is 27.5 Å². The molecule has 0 unspecified atom stereocenters. The first kappa shape index (κ1) is 28.4. The molecule has 0 fully saturated rings. The molecular weight excluding hydrogens is 693 g/mol. The first-order valence-electron chi connectivity index (χ1n) is 17.2. The summed E-state index contributed by atoms with van der Waals surface area (Å²) in [4.78, 5) is 38.6. The standard InChI is InChI=1S/C44H16F4N4O2/c45-23-13-19-33-21(43(53)51-29-11-3-7-17-5-1-9-27(31(17)29)49-41(19)51)15-25(47)37-36-24(46)14-20-34-22(16-26(48)38(40(34)36)35(23)39(33)37)44(54)52-30-12-4-8-18-6-2-10-28(32(18)30)50-42(20)52/h1-16H. The van der Waals surface area contributed by atoms with Crippen LogP contribution >= 0.6 is 0 Å². The fraction of sp³-hybridized carbons (Fsp3) is 0. The molecule has 0 aliphatic rings. The molecule has 0 bridgehead atoms. The molecule has 0 atom stereocenters. The van der Waals surface area contributed by atoms with Crippen LogP contribution in [0.25, 0.3) is 120 Å². The van der Waals surface area contributed by atoms with E-state index in [1.807, 2.05) is 36.4 Å². The van der Waals surface area contributed by atoms with E-state index in [1.54, 1.807) is 36.4 Å². The first-order valence-corrected chi connectivity index (χ1v) is 17.2. The van der Waals surface area contributed by atoms with Crippen LogP contribution in [0.15, 0.2) is 107 Å². The summed E-state index contributed by atoms with van der Waals surface area (Å²) in [6.45, 7) is 0. The molecule has 9 aromatic carbocycles. The number of aromatic nitrogens is 4. The van der Waals surface area contributed by atoms with Crippen LogP contribution in [0.2, 0.25) is 0 Å². The molecule has 13 rings (SSSR count). The van der Waals surface area contributed by atoms with Gasteiger partial charge in [-0.2, -0.15) is 0 Å². The molecule has 13 aromatic rings. The van der Waals surface area contributed by atoms with Gasteiger partial charge >= 0.3 is 0 Å². The SMILES string of the molecule is O=c1c2cc(F)c3c4c(F)cc5c6c(cc(F)c(c7c(F)cc(c2c37)c2nc3cccc7cccc(c73)n12)c46)c(=O)n1c2cccc3cccc(nc51)c32. The summed E-state index contributed by atoms with van der Waals surface area (Å²) in [7, 11) is 0. The van der Waals surface area contributed by atoms with Crippen molar-refractivity contribution in [3.63, 3.8) is 0 Å². The van der Waals surface area contributed by atoms with Crippen molar-refractivity contribution in [2.24, 2.45) is 0 Å². The van der Waals surface area contributed by atoms with Gasteiger partial charge < -0.3 is 0 Å². The summed E-state index contributed by atoms with van der Waals surface area (Å²) in [6, 6.07) is 26.3. The van der Waals surface area contributed by atoms with Crippen molar-refractivity contribution in [2.45, 2.75) is 0 Å². The predicted molar refractivity (Wildman–Crippen MR) is 205 cm³/mol. The van der Waals surface area contributed by atoms with Gasteiger partial charge in [0.05, 0.1) is 32.8 Å². The largest absolute Gasteiger partial charge is 0.268 e. The summed E-state index contributed by atoms with van der Waals surface area (Å²) in [5, 5.41) is 1.94. The normalized spacial score (nSPS) is 13.0. The number of fused-ring (bicyclic) bond motifs is 8. The Labute approximate surface area is 296 Å². The van der Waals surface area contributed by atoms with Gasteiger partial charge in [-0.15, -0.1) is 0 Å². The van der Waals surface area contributed by atoms with Gasteiger partial charge in [0, 0.05) is 64.6 Å². The number of hydrogen-bond acceptors (Lipinski definition) is 4. The molecule has 54 heavy (non-hydrogen) atoms. The molecule has 252 valence electrons. The Balaban J connectivity index is 1.31. The molecule has 6 nitrogen and oxygen atoms in total. The maximum atomic E-state index is 17.0. The van der Waals surface area contributed by atoms with Crippen molar-refractivity contribution in [1.82, 2.24) is 18.8 Å². The quantitative estimate of drug-likeness (QED) is 0.0894. The molecule has 10 heteroatoms. The highest BCUT2D eigenvalue weighted by molar-refractivity contribution is 6.41. The second kappa shape index (κ2) is 9.05. The van der Waals surface area contributed by atoms with Crippen molar-refractivity contribution < 1.29 is 17.6 Å². The Hall–Kier alpha value is -7.20. The van der Waals surface area contributed by atoms with Gasteiger partial charge in [0.2, 0.25) is 0 Å². The van der Waals surface area contributed by atoms with E-state index in [4.69, 9.17) is 9.97 Å². The van der Waals surface area contributed by atoms with Crippen LogP contribution in [-0.2, 0) is 0 Å². The van der Waals surface area contributed by atoms with Crippen molar-refractivity contribution >= 4 is 120 Å². The second-order valence-corrected chi connectivity index (χ2v) is 14.1. The third-order valence-electron chi connectivity index (χ3n) is 11.5. The fourth-order valence-electron chi connectivity index (χ4n) is 9.54. The van der Waals surface area contributed by atoms with Gasteiger partial charge in [0.1, 0.15) is 34.6 Å². The zero-order chi connectivity index (χ0) is 36.0. The zero-order valence-electron chi connectivity index (χ0n) is 27.4. The van der Waals surface area contributed by atoms with Gasteiger partial charge in [-0.05, 0) is 59.3 Å². The molecule has 0 N–H and O–H groups in total. The van der Waals surface area contributed by atoms with Crippen molar-refractivity contribution in [3.05, 3.63) is 141 Å². The molecule has 0 spiro atoms. The summed E-state index contributed by atoms with van der Waals surface area (Å²) in [5.74, 6) is -3.84. The van der Waals surface area contributed by atoms with Gasteiger partial charge in [-0.3, -0.25) is 18.4 Å². The third-order valence-corrected chi connectivity index (χ3v) is 11.5. The molecule has 0 aliphatic carbocycles. The van der Waals surface area contributed by atoms with E-state index in [2.05, 4.69) is 0 Å². The molecule has 0 amide bonds. The van der Waals surface area contributed by atoms with E-state index >= 15 is 17.6 Å². The van der Waals surface area contributed by atoms with Crippen LogP contribution < -0.4 is 11.1 Å². The monoisotopic (exact) mass is 708 g/mol. The minimum absolute atomic E-state index is 0.0945. The Morgan fingerprint density at radius 2 is 0.741 bits per heavy atom. The number of nitrogens with zero attached hydrogens (tertiary/aromatic N) is 4. The van der Waals surface area contributed by atoms with E-state index in [9.17, 15) is 9.59 Å². The van der Waals surface area contributed by atoms with Crippen molar-refractivity contribution in [3.8, 4) is 0 Å². The Morgan fingerprint density at radius 1 is 0.389 bits per heavy atom. The van der Waals surface area contributed by atoms with Gasteiger partial charge in [0.15, 0.2) is 0 Å². The minimum Gasteiger partial charge on any atom is -0.268 e.